The number of imide groups is 1. The normalized spacial score (nSPS) is 11.3. The molecule has 0 fully saturated rings. The number of nitrogens with one attached hydrogen (secondary N) is 2. The molecule has 0 radical (unpaired) electrons. The number of esters is 1. The van der Waals surface area contributed by atoms with E-state index >= 15 is 0 Å². The van der Waals surface area contributed by atoms with Crippen LogP contribution in [0.25, 0.3) is 0 Å². The summed E-state index contributed by atoms with van der Waals surface area (Å²) in [5.74, 6) is -2.31. The van der Waals surface area contributed by atoms with E-state index in [0.717, 1.165) is 6.07 Å². The molecule has 0 aliphatic heterocycles. The minimum Gasteiger partial charge on any atom is -0.444 e. The molecule has 1 unspecified atom stereocenters. The van der Waals surface area contributed by atoms with Crippen LogP contribution in [-0.2, 0) is 9.53 Å². The first-order valence-electron chi connectivity index (χ1n) is 8.09. The first-order valence-corrected chi connectivity index (χ1v) is 8.09. The Balaban J connectivity index is 2.26. The molecule has 2 rings (SSSR count). The lowest BCUT2D eigenvalue weighted by atomic mass is 10.1. The number of ether oxygens (including phenoxy) is 1. The number of carbonyl (C=O) groups is 3. The summed E-state index contributed by atoms with van der Waals surface area (Å²) in [7, 11) is 4.69. The van der Waals surface area contributed by atoms with Gasteiger partial charge in [0.25, 0.3) is 5.91 Å². The van der Waals surface area contributed by atoms with E-state index in [1.54, 1.807) is 49.3 Å². The number of rotatable bonds is 5. The monoisotopic (exact) mass is 373 g/mol. The lowest BCUT2D eigenvalue weighted by Gasteiger charge is -2.18. The summed E-state index contributed by atoms with van der Waals surface area (Å²) in [5, 5.41) is 4.32. The van der Waals surface area contributed by atoms with E-state index < -0.39 is 29.8 Å². The molecule has 0 aromatic heterocycles. The van der Waals surface area contributed by atoms with Crippen molar-refractivity contribution < 1.29 is 23.5 Å². The van der Waals surface area contributed by atoms with Gasteiger partial charge in [0.1, 0.15) is 5.82 Å². The SMILES string of the molecule is CNC(=O)NC(=O)C(OC(=O)c1ccc(N(C)C)c(F)c1)c1ccccc1. The highest BCUT2D eigenvalue weighted by Crippen LogP contribution is 2.22. The van der Waals surface area contributed by atoms with Crippen molar-refractivity contribution >= 4 is 23.6 Å². The Morgan fingerprint density at radius 1 is 1.07 bits per heavy atom. The predicted octanol–water partition coefficient (Wildman–Crippen LogP) is 2.25. The van der Waals surface area contributed by atoms with Gasteiger partial charge in [-0.25, -0.2) is 14.0 Å². The molecule has 2 N–H and O–H groups in total. The molecule has 27 heavy (non-hydrogen) atoms. The minimum absolute atomic E-state index is 0.0493. The Bertz CT molecular complexity index is 840. The summed E-state index contributed by atoms with van der Waals surface area (Å²) in [5.41, 5.74) is 0.632. The van der Waals surface area contributed by atoms with Crippen LogP contribution in [0.2, 0.25) is 0 Å². The van der Waals surface area contributed by atoms with E-state index in [1.165, 1.54) is 19.2 Å². The van der Waals surface area contributed by atoms with Crippen molar-refractivity contribution in [2.45, 2.75) is 6.10 Å². The highest BCUT2D eigenvalue weighted by molar-refractivity contribution is 5.99. The van der Waals surface area contributed by atoms with Gasteiger partial charge in [0.15, 0.2) is 0 Å². The van der Waals surface area contributed by atoms with Gasteiger partial charge in [-0.1, -0.05) is 30.3 Å². The smallest absolute Gasteiger partial charge is 0.339 e. The van der Waals surface area contributed by atoms with Gasteiger partial charge in [-0.3, -0.25) is 10.1 Å². The first-order chi connectivity index (χ1) is 12.8. The number of hydrogen-bond donors (Lipinski definition) is 2. The van der Waals surface area contributed by atoms with Crippen LogP contribution in [0.3, 0.4) is 0 Å². The molecule has 7 nitrogen and oxygen atoms in total. The molecular weight excluding hydrogens is 353 g/mol. The van der Waals surface area contributed by atoms with Crippen molar-refractivity contribution in [3.05, 3.63) is 65.5 Å². The Labute approximate surface area is 156 Å². The molecule has 0 aliphatic rings. The summed E-state index contributed by atoms with van der Waals surface area (Å²) in [6.07, 6.45) is -1.37. The van der Waals surface area contributed by atoms with Gasteiger partial charge in [0.2, 0.25) is 6.10 Å². The molecule has 0 saturated heterocycles. The van der Waals surface area contributed by atoms with Gasteiger partial charge in [-0.05, 0) is 18.2 Å². The third-order valence-corrected chi connectivity index (χ3v) is 3.69. The number of carbonyl (C=O) groups excluding carboxylic acids is 3. The molecule has 142 valence electrons. The summed E-state index contributed by atoms with van der Waals surface area (Å²) >= 11 is 0. The second-order valence-electron chi connectivity index (χ2n) is 5.83. The van der Waals surface area contributed by atoms with Crippen LogP contribution >= 0.6 is 0 Å². The first kappa shape index (κ1) is 19.9. The summed E-state index contributed by atoms with van der Waals surface area (Å²) < 4.78 is 19.4. The van der Waals surface area contributed by atoms with Crippen LogP contribution in [0.5, 0.6) is 0 Å². The third-order valence-electron chi connectivity index (χ3n) is 3.69. The topological polar surface area (TPSA) is 87.7 Å². The number of anilines is 1. The molecule has 3 amide bonds. The largest absolute Gasteiger partial charge is 0.444 e. The van der Waals surface area contributed by atoms with Crippen LogP contribution in [-0.4, -0.2) is 39.1 Å². The minimum atomic E-state index is -1.37. The second-order valence-corrected chi connectivity index (χ2v) is 5.83. The van der Waals surface area contributed by atoms with E-state index in [1.807, 2.05) is 0 Å². The van der Waals surface area contributed by atoms with Gasteiger partial charge >= 0.3 is 12.0 Å². The fraction of sp³-hybridized carbons (Fsp3) is 0.211. The molecule has 2 aromatic carbocycles. The van der Waals surface area contributed by atoms with Crippen molar-refractivity contribution in [2.75, 3.05) is 26.0 Å². The van der Waals surface area contributed by atoms with Crippen LogP contribution in [0, 0.1) is 5.82 Å². The average Bonchev–Trinajstić information content (AvgIpc) is 2.65. The van der Waals surface area contributed by atoms with Crippen molar-refractivity contribution in [3.63, 3.8) is 0 Å². The van der Waals surface area contributed by atoms with E-state index in [-0.39, 0.29) is 5.56 Å². The highest BCUT2D eigenvalue weighted by atomic mass is 19.1. The van der Waals surface area contributed by atoms with Crippen molar-refractivity contribution in [2.24, 2.45) is 0 Å². The maximum Gasteiger partial charge on any atom is 0.339 e. The molecule has 0 heterocycles. The highest BCUT2D eigenvalue weighted by Gasteiger charge is 2.27. The Morgan fingerprint density at radius 3 is 2.30 bits per heavy atom. The fourth-order valence-corrected chi connectivity index (χ4v) is 2.31. The summed E-state index contributed by atoms with van der Waals surface area (Å²) in [6, 6.07) is 11.4. The molecule has 0 spiro atoms. The number of amides is 3. The average molecular weight is 373 g/mol. The Kier molecular flexibility index (Phi) is 6.48. The molecule has 0 aliphatic carbocycles. The van der Waals surface area contributed by atoms with Gasteiger partial charge in [-0.2, -0.15) is 0 Å². The quantitative estimate of drug-likeness (QED) is 0.785. The molecule has 0 bridgehead atoms. The zero-order valence-corrected chi connectivity index (χ0v) is 15.2. The fourth-order valence-electron chi connectivity index (χ4n) is 2.31. The second kappa shape index (κ2) is 8.79. The molecular formula is C19H20FN3O4. The number of hydrogen-bond acceptors (Lipinski definition) is 5. The zero-order chi connectivity index (χ0) is 20.0. The van der Waals surface area contributed by atoms with Crippen LogP contribution in [0.4, 0.5) is 14.9 Å². The standard InChI is InChI=1S/C19H20FN3O4/c1-21-19(26)22-17(24)16(12-7-5-4-6-8-12)27-18(25)13-9-10-15(23(2)3)14(20)11-13/h4-11,16H,1-3H3,(H2,21,22,24,26). The van der Waals surface area contributed by atoms with E-state index in [4.69, 9.17) is 4.74 Å². The maximum absolute atomic E-state index is 14.1. The van der Waals surface area contributed by atoms with Gasteiger partial charge < -0.3 is 15.0 Å². The van der Waals surface area contributed by atoms with E-state index in [0.29, 0.717) is 11.3 Å². The van der Waals surface area contributed by atoms with Gasteiger partial charge in [0, 0.05) is 26.7 Å². The van der Waals surface area contributed by atoms with Crippen LogP contribution < -0.4 is 15.5 Å². The van der Waals surface area contributed by atoms with Gasteiger partial charge in [-0.15, -0.1) is 0 Å². The third kappa shape index (κ3) is 5.04. The molecule has 2 aromatic rings. The summed E-state index contributed by atoms with van der Waals surface area (Å²) in [6.45, 7) is 0. The molecule has 8 heteroatoms. The number of halogens is 1. The van der Waals surface area contributed by atoms with Crippen LogP contribution in [0.1, 0.15) is 22.0 Å². The Hall–Kier alpha value is -3.42. The van der Waals surface area contributed by atoms with E-state index in [2.05, 4.69) is 10.6 Å². The predicted molar refractivity (Wildman–Crippen MR) is 97.9 cm³/mol. The lowest BCUT2D eigenvalue weighted by Crippen LogP contribution is -2.41. The molecule has 1 atom stereocenters. The van der Waals surface area contributed by atoms with Crippen LogP contribution in [0.15, 0.2) is 48.5 Å². The number of urea groups is 1. The number of nitrogens with zero attached hydrogens (tertiary/aromatic N) is 1. The van der Waals surface area contributed by atoms with Crippen molar-refractivity contribution in [1.82, 2.24) is 10.6 Å². The summed E-state index contributed by atoms with van der Waals surface area (Å²) in [4.78, 5) is 37.8. The van der Waals surface area contributed by atoms with E-state index in [9.17, 15) is 18.8 Å². The maximum atomic E-state index is 14.1. The zero-order valence-electron chi connectivity index (χ0n) is 15.2. The van der Waals surface area contributed by atoms with Crippen molar-refractivity contribution in [1.29, 1.82) is 0 Å². The van der Waals surface area contributed by atoms with Gasteiger partial charge in [0.05, 0.1) is 11.3 Å². The Morgan fingerprint density at radius 2 is 1.74 bits per heavy atom. The van der Waals surface area contributed by atoms with Crippen molar-refractivity contribution in [3.8, 4) is 0 Å². The lowest BCUT2D eigenvalue weighted by molar-refractivity contribution is -0.129. The molecule has 0 saturated carbocycles. The number of benzene rings is 2.